The van der Waals surface area contributed by atoms with Crippen molar-refractivity contribution in [2.45, 2.75) is 19.4 Å². The van der Waals surface area contributed by atoms with Gasteiger partial charge in [-0.1, -0.05) is 40.2 Å². The lowest BCUT2D eigenvalue weighted by Crippen LogP contribution is -2.11. The minimum atomic E-state index is -0.325. The minimum absolute atomic E-state index is 0.0647. The van der Waals surface area contributed by atoms with Crippen LogP contribution in [0.25, 0.3) is 0 Å². The van der Waals surface area contributed by atoms with Crippen molar-refractivity contribution in [1.82, 2.24) is 0 Å². The number of rotatable bonds is 3. The second-order valence-corrected chi connectivity index (χ2v) is 6.46. The topological polar surface area (TPSA) is 50.4 Å². The zero-order valence-electron chi connectivity index (χ0n) is 13.4. The van der Waals surface area contributed by atoms with Crippen LogP contribution in [0, 0.1) is 0 Å². The van der Waals surface area contributed by atoms with Gasteiger partial charge in [0.2, 0.25) is 0 Å². The molecule has 1 heterocycles. The van der Waals surface area contributed by atoms with E-state index >= 15 is 0 Å². The Morgan fingerprint density at radius 3 is 2.62 bits per heavy atom. The molecule has 1 atom stereocenters. The van der Waals surface area contributed by atoms with Gasteiger partial charge in [0.15, 0.2) is 0 Å². The fraction of sp³-hybridized carbons (Fsp3) is 0.211. The maximum Gasteiger partial charge on any atom is 0.332 e. The number of carbonyl (C=O) groups excluding carboxylic acids is 1. The van der Waals surface area contributed by atoms with Gasteiger partial charge in [0, 0.05) is 22.7 Å². The lowest BCUT2D eigenvalue weighted by molar-refractivity contribution is -0.137. The Hall–Kier alpha value is -2.27. The Labute approximate surface area is 150 Å². The number of anilines is 2. The summed E-state index contributed by atoms with van der Waals surface area (Å²) in [5, 5.41) is 6.91. The highest BCUT2D eigenvalue weighted by atomic mass is 79.9. The Bertz CT molecular complexity index is 756. The molecule has 3 rings (SSSR count). The Balaban J connectivity index is 1.95. The first kappa shape index (κ1) is 16.6. The first-order chi connectivity index (χ1) is 11.7. The lowest BCUT2D eigenvalue weighted by Gasteiger charge is -2.18. The number of fused-ring (bicyclic) bond motifs is 1. The maximum atomic E-state index is 11.9. The maximum absolute atomic E-state index is 11.9. The minimum Gasteiger partial charge on any atom is -0.463 e. The van der Waals surface area contributed by atoms with Crippen molar-refractivity contribution < 1.29 is 9.53 Å². The zero-order chi connectivity index (χ0) is 16.9. The number of hydrogen-bond acceptors (Lipinski definition) is 4. The average Bonchev–Trinajstić information content (AvgIpc) is 2.74. The van der Waals surface area contributed by atoms with Crippen LogP contribution in [0.15, 0.2) is 64.8 Å². The predicted molar refractivity (Wildman–Crippen MR) is 99.9 cm³/mol. The molecule has 1 aliphatic heterocycles. The van der Waals surface area contributed by atoms with Crippen LogP contribution >= 0.6 is 15.9 Å². The SMILES string of the molecule is CCOC(=O)/C=C1/CC(c2ccc(Br)cc2)Nc2ccccc2N1. The zero-order valence-corrected chi connectivity index (χ0v) is 15.0. The standard InChI is InChI=1S/C19H19BrN2O2/c1-2-24-19(23)12-15-11-18(13-7-9-14(20)10-8-13)22-17-6-4-3-5-16(17)21-15/h3-10,12,18,21-22H,2,11H2,1H3/b15-12-. The van der Waals surface area contributed by atoms with Gasteiger partial charge in [0.05, 0.1) is 24.0 Å². The van der Waals surface area contributed by atoms with E-state index in [1.165, 1.54) is 0 Å². The summed E-state index contributed by atoms with van der Waals surface area (Å²) in [6.07, 6.45) is 2.20. The first-order valence-electron chi connectivity index (χ1n) is 7.91. The molecule has 5 heteroatoms. The van der Waals surface area contributed by atoms with Crippen LogP contribution in [0.5, 0.6) is 0 Å². The van der Waals surface area contributed by atoms with Crippen molar-refractivity contribution in [2.24, 2.45) is 0 Å². The second kappa shape index (κ2) is 7.53. The first-order valence-corrected chi connectivity index (χ1v) is 8.70. The number of para-hydroxylation sites is 2. The molecule has 2 aromatic carbocycles. The molecule has 1 aliphatic rings. The Kier molecular flexibility index (Phi) is 5.20. The highest BCUT2D eigenvalue weighted by Gasteiger charge is 2.20. The van der Waals surface area contributed by atoms with Gasteiger partial charge >= 0.3 is 5.97 Å². The average molecular weight is 387 g/mol. The molecule has 1 unspecified atom stereocenters. The van der Waals surface area contributed by atoms with Crippen LogP contribution in [0.1, 0.15) is 24.9 Å². The molecular formula is C19H19BrN2O2. The summed E-state index contributed by atoms with van der Waals surface area (Å²) in [6.45, 7) is 2.17. The molecule has 2 aromatic rings. The molecule has 0 fully saturated rings. The second-order valence-electron chi connectivity index (χ2n) is 5.54. The fourth-order valence-electron chi connectivity index (χ4n) is 2.72. The van der Waals surface area contributed by atoms with Crippen LogP contribution in [0.4, 0.5) is 11.4 Å². The third-order valence-corrected chi connectivity index (χ3v) is 4.36. The van der Waals surface area contributed by atoms with Gasteiger partial charge in [0.1, 0.15) is 0 Å². The molecule has 124 valence electrons. The molecule has 0 radical (unpaired) electrons. The number of esters is 1. The van der Waals surface area contributed by atoms with Gasteiger partial charge in [-0.3, -0.25) is 0 Å². The summed E-state index contributed by atoms with van der Waals surface area (Å²) < 4.78 is 6.09. The monoisotopic (exact) mass is 386 g/mol. The quantitative estimate of drug-likeness (QED) is 0.583. The molecule has 0 saturated carbocycles. The van der Waals surface area contributed by atoms with E-state index in [2.05, 4.69) is 38.7 Å². The van der Waals surface area contributed by atoms with Crippen molar-refractivity contribution in [3.63, 3.8) is 0 Å². The van der Waals surface area contributed by atoms with Crippen molar-refractivity contribution >= 4 is 33.3 Å². The van der Waals surface area contributed by atoms with E-state index < -0.39 is 0 Å². The third kappa shape index (κ3) is 3.97. The highest BCUT2D eigenvalue weighted by Crippen LogP contribution is 2.35. The molecule has 0 amide bonds. The van der Waals surface area contributed by atoms with Crippen molar-refractivity contribution in [3.8, 4) is 0 Å². The summed E-state index contributed by atoms with van der Waals surface area (Å²) in [5.74, 6) is -0.325. The number of nitrogens with one attached hydrogen (secondary N) is 2. The van der Waals surface area contributed by atoms with Crippen LogP contribution in [-0.2, 0) is 9.53 Å². The van der Waals surface area contributed by atoms with Gasteiger partial charge in [-0.25, -0.2) is 4.79 Å². The van der Waals surface area contributed by atoms with Crippen LogP contribution in [-0.4, -0.2) is 12.6 Å². The van der Waals surface area contributed by atoms with Crippen LogP contribution in [0.2, 0.25) is 0 Å². The Morgan fingerprint density at radius 2 is 1.92 bits per heavy atom. The lowest BCUT2D eigenvalue weighted by atomic mass is 10.0. The molecule has 0 aromatic heterocycles. The molecular weight excluding hydrogens is 368 g/mol. The van der Waals surface area contributed by atoms with Crippen LogP contribution < -0.4 is 10.6 Å². The summed E-state index contributed by atoms with van der Waals surface area (Å²) >= 11 is 3.47. The summed E-state index contributed by atoms with van der Waals surface area (Å²) in [7, 11) is 0. The normalized spacial score (nSPS) is 18.1. The van der Waals surface area contributed by atoms with Crippen molar-refractivity contribution in [2.75, 3.05) is 17.2 Å². The van der Waals surface area contributed by atoms with E-state index in [4.69, 9.17) is 4.74 Å². The van der Waals surface area contributed by atoms with E-state index in [0.29, 0.717) is 13.0 Å². The number of ether oxygens (including phenoxy) is 1. The summed E-state index contributed by atoms with van der Waals surface area (Å²) in [4.78, 5) is 11.9. The van der Waals surface area contributed by atoms with Gasteiger partial charge in [-0.15, -0.1) is 0 Å². The fourth-order valence-corrected chi connectivity index (χ4v) is 2.98. The number of carbonyl (C=O) groups is 1. The van der Waals surface area contributed by atoms with E-state index in [9.17, 15) is 4.79 Å². The molecule has 2 N–H and O–H groups in total. The molecule has 0 bridgehead atoms. The van der Waals surface area contributed by atoms with E-state index in [1.807, 2.05) is 36.4 Å². The van der Waals surface area contributed by atoms with E-state index in [0.717, 1.165) is 27.1 Å². The predicted octanol–water partition coefficient (Wildman–Crippen LogP) is 4.86. The molecule has 0 spiro atoms. The third-order valence-electron chi connectivity index (χ3n) is 3.83. The van der Waals surface area contributed by atoms with E-state index in [-0.39, 0.29) is 12.0 Å². The Morgan fingerprint density at radius 1 is 1.21 bits per heavy atom. The van der Waals surface area contributed by atoms with Gasteiger partial charge < -0.3 is 15.4 Å². The van der Waals surface area contributed by atoms with Gasteiger partial charge in [-0.2, -0.15) is 0 Å². The highest BCUT2D eigenvalue weighted by molar-refractivity contribution is 9.10. The van der Waals surface area contributed by atoms with Crippen molar-refractivity contribution in [3.05, 3.63) is 70.3 Å². The molecule has 0 saturated heterocycles. The smallest absolute Gasteiger partial charge is 0.332 e. The number of halogens is 1. The van der Waals surface area contributed by atoms with E-state index in [1.54, 1.807) is 13.0 Å². The van der Waals surface area contributed by atoms with Crippen LogP contribution in [0.3, 0.4) is 0 Å². The van der Waals surface area contributed by atoms with Gasteiger partial charge in [0.25, 0.3) is 0 Å². The van der Waals surface area contributed by atoms with Gasteiger partial charge in [-0.05, 0) is 36.8 Å². The number of hydrogen-bond donors (Lipinski definition) is 2. The van der Waals surface area contributed by atoms with Crippen molar-refractivity contribution in [1.29, 1.82) is 0 Å². The molecule has 0 aliphatic carbocycles. The molecule has 4 nitrogen and oxygen atoms in total. The molecule has 24 heavy (non-hydrogen) atoms. The number of benzene rings is 2. The summed E-state index contributed by atoms with van der Waals surface area (Å²) in [5.41, 5.74) is 3.95. The summed E-state index contributed by atoms with van der Waals surface area (Å²) in [6, 6.07) is 16.3. The largest absolute Gasteiger partial charge is 0.463 e.